The van der Waals surface area contributed by atoms with E-state index < -0.39 is 17.6 Å². The van der Waals surface area contributed by atoms with Crippen molar-refractivity contribution in [3.8, 4) is 11.5 Å². The smallest absolute Gasteiger partial charge is 0.403 e. The molecule has 3 rings (SSSR count). The molecule has 0 saturated heterocycles. The van der Waals surface area contributed by atoms with E-state index in [-0.39, 0.29) is 11.9 Å². The minimum atomic E-state index is -4.42. The number of aryl methyl sites for hydroxylation is 2. The molecule has 0 radical (unpaired) electrons. The number of hydrogen-bond acceptors (Lipinski definition) is 4. The molecule has 0 bridgehead atoms. The summed E-state index contributed by atoms with van der Waals surface area (Å²) in [5, 5.41) is 9.91. The van der Waals surface area contributed by atoms with Crippen LogP contribution >= 0.6 is 0 Å². The molecule has 1 amide bonds. The first-order valence-electron chi connectivity index (χ1n) is 7.64. The minimum absolute atomic E-state index is 0.00844. The molecule has 0 saturated carbocycles. The molecule has 1 aromatic heterocycles. The maximum atomic E-state index is 12.6. The minimum Gasteiger partial charge on any atom is -0.403 e. The van der Waals surface area contributed by atoms with Crippen LogP contribution in [0.3, 0.4) is 0 Å². The molecule has 1 heterocycles. The van der Waals surface area contributed by atoms with Crippen molar-refractivity contribution >= 4 is 11.9 Å². The Morgan fingerprint density at radius 2 is 1.69 bits per heavy atom. The second-order valence-electron chi connectivity index (χ2n) is 5.74. The van der Waals surface area contributed by atoms with Gasteiger partial charge in [0.15, 0.2) is 0 Å². The zero-order chi connectivity index (χ0) is 18.9. The first-order valence-corrected chi connectivity index (χ1v) is 7.64. The van der Waals surface area contributed by atoms with Gasteiger partial charge in [-0.15, -0.1) is 5.10 Å². The van der Waals surface area contributed by atoms with Crippen LogP contribution in [-0.2, 0) is 6.18 Å². The molecule has 26 heavy (non-hydrogen) atoms. The number of carbonyl (C=O) groups is 1. The predicted octanol–water partition coefficient (Wildman–Crippen LogP) is 4.62. The van der Waals surface area contributed by atoms with E-state index in [0.29, 0.717) is 11.1 Å². The molecule has 0 spiro atoms. The Labute approximate surface area is 146 Å². The summed E-state index contributed by atoms with van der Waals surface area (Å²) in [4.78, 5) is 12.2. The molecule has 1 N–H and O–H groups in total. The first kappa shape index (κ1) is 17.7. The molecule has 2 aromatic carbocycles. The Bertz CT molecular complexity index is 947. The summed E-state index contributed by atoms with van der Waals surface area (Å²) in [7, 11) is 0. The number of anilines is 1. The van der Waals surface area contributed by atoms with Crippen LogP contribution in [0, 0.1) is 13.8 Å². The fourth-order valence-corrected chi connectivity index (χ4v) is 2.24. The van der Waals surface area contributed by atoms with Crippen LogP contribution in [0.25, 0.3) is 11.5 Å². The highest BCUT2D eigenvalue weighted by Gasteiger charge is 2.30. The quantitative estimate of drug-likeness (QED) is 0.739. The van der Waals surface area contributed by atoms with Crippen LogP contribution in [0.2, 0.25) is 0 Å². The molecule has 0 aliphatic carbocycles. The van der Waals surface area contributed by atoms with Crippen LogP contribution in [0.15, 0.2) is 46.9 Å². The van der Waals surface area contributed by atoms with Gasteiger partial charge < -0.3 is 4.42 Å². The number of carbonyl (C=O) groups excluding carboxylic acids is 1. The number of hydrogen-bond donors (Lipinski definition) is 1. The molecular weight excluding hydrogens is 347 g/mol. The monoisotopic (exact) mass is 361 g/mol. The third-order valence-corrected chi connectivity index (χ3v) is 3.87. The highest BCUT2D eigenvalue weighted by atomic mass is 19.4. The number of rotatable bonds is 3. The normalized spacial score (nSPS) is 11.4. The molecule has 8 heteroatoms. The van der Waals surface area contributed by atoms with Gasteiger partial charge in [-0.3, -0.25) is 10.1 Å². The summed E-state index contributed by atoms with van der Waals surface area (Å²) in [5.74, 6) is -0.412. The fraction of sp³-hybridized carbons (Fsp3) is 0.167. The van der Waals surface area contributed by atoms with E-state index in [9.17, 15) is 18.0 Å². The number of halogens is 3. The number of amides is 1. The van der Waals surface area contributed by atoms with Crippen molar-refractivity contribution in [1.29, 1.82) is 0 Å². The maximum Gasteiger partial charge on any atom is 0.416 e. The van der Waals surface area contributed by atoms with E-state index in [0.717, 1.165) is 23.3 Å². The Morgan fingerprint density at radius 3 is 2.31 bits per heavy atom. The number of alkyl halides is 3. The van der Waals surface area contributed by atoms with Gasteiger partial charge in [0.25, 0.3) is 5.91 Å². The maximum absolute atomic E-state index is 12.6. The summed E-state index contributed by atoms with van der Waals surface area (Å²) in [6.07, 6.45) is -4.42. The van der Waals surface area contributed by atoms with Crippen LogP contribution in [0.5, 0.6) is 0 Å². The Morgan fingerprint density at radius 1 is 1.00 bits per heavy atom. The van der Waals surface area contributed by atoms with Crippen molar-refractivity contribution in [2.24, 2.45) is 0 Å². The third kappa shape index (κ3) is 3.74. The second-order valence-corrected chi connectivity index (χ2v) is 5.74. The van der Waals surface area contributed by atoms with E-state index in [2.05, 4.69) is 15.5 Å². The highest BCUT2D eigenvalue weighted by molar-refractivity contribution is 6.03. The van der Waals surface area contributed by atoms with Crippen molar-refractivity contribution in [2.75, 3.05) is 5.32 Å². The van der Waals surface area contributed by atoms with E-state index >= 15 is 0 Å². The van der Waals surface area contributed by atoms with Crippen molar-refractivity contribution in [3.05, 3.63) is 64.7 Å². The Hall–Kier alpha value is -3.16. The van der Waals surface area contributed by atoms with Crippen molar-refractivity contribution < 1.29 is 22.4 Å². The van der Waals surface area contributed by atoms with Gasteiger partial charge in [0.2, 0.25) is 5.89 Å². The van der Waals surface area contributed by atoms with Gasteiger partial charge in [0, 0.05) is 11.1 Å². The first-order chi connectivity index (χ1) is 12.2. The molecule has 0 aliphatic rings. The number of nitrogens with one attached hydrogen (secondary N) is 1. The van der Waals surface area contributed by atoms with Crippen LogP contribution in [-0.4, -0.2) is 16.1 Å². The molecule has 5 nitrogen and oxygen atoms in total. The lowest BCUT2D eigenvalue weighted by atomic mass is 10.1. The average Bonchev–Trinajstić information content (AvgIpc) is 3.05. The van der Waals surface area contributed by atoms with Crippen LogP contribution < -0.4 is 5.32 Å². The van der Waals surface area contributed by atoms with Gasteiger partial charge in [-0.05, 0) is 61.4 Å². The summed E-state index contributed by atoms with van der Waals surface area (Å²) >= 11 is 0. The molecule has 134 valence electrons. The Kier molecular flexibility index (Phi) is 4.50. The topological polar surface area (TPSA) is 68.0 Å². The highest BCUT2D eigenvalue weighted by Crippen LogP contribution is 2.31. The predicted molar refractivity (Wildman–Crippen MR) is 88.6 cm³/mol. The van der Waals surface area contributed by atoms with E-state index in [1.54, 1.807) is 12.1 Å². The zero-order valence-corrected chi connectivity index (χ0v) is 13.9. The molecule has 3 aromatic rings. The van der Waals surface area contributed by atoms with Crippen molar-refractivity contribution in [1.82, 2.24) is 10.2 Å². The van der Waals surface area contributed by atoms with E-state index in [1.165, 1.54) is 12.1 Å². The summed E-state index contributed by atoms with van der Waals surface area (Å²) < 4.78 is 43.1. The fourth-order valence-electron chi connectivity index (χ4n) is 2.24. The molecule has 0 aliphatic heterocycles. The average molecular weight is 361 g/mol. The molecule has 0 fully saturated rings. The van der Waals surface area contributed by atoms with Gasteiger partial charge in [-0.25, -0.2) is 0 Å². The summed E-state index contributed by atoms with van der Waals surface area (Å²) in [6, 6.07) is 9.40. The lowest BCUT2D eigenvalue weighted by Crippen LogP contribution is -2.12. The third-order valence-electron chi connectivity index (χ3n) is 3.87. The van der Waals surface area contributed by atoms with Crippen molar-refractivity contribution in [2.45, 2.75) is 20.0 Å². The molecule has 0 atom stereocenters. The number of nitrogens with zero attached hydrogens (tertiary/aromatic N) is 2. The van der Waals surface area contributed by atoms with Gasteiger partial charge in [0.05, 0.1) is 5.56 Å². The van der Waals surface area contributed by atoms with E-state index in [1.807, 2.05) is 19.9 Å². The van der Waals surface area contributed by atoms with E-state index in [4.69, 9.17) is 4.42 Å². The molecule has 0 unspecified atom stereocenters. The summed E-state index contributed by atoms with van der Waals surface area (Å²) in [5.41, 5.74) is 2.00. The standard InChI is InChI=1S/C18H14F3N3O2/c1-10-3-4-13(9-11(10)2)15(25)22-17-24-23-16(26-17)12-5-7-14(8-6-12)18(19,20)21/h3-9H,1-2H3,(H,22,24,25). The zero-order valence-electron chi connectivity index (χ0n) is 13.9. The number of aromatic nitrogens is 2. The van der Waals surface area contributed by atoms with Gasteiger partial charge in [-0.1, -0.05) is 11.2 Å². The lowest BCUT2D eigenvalue weighted by Gasteiger charge is -2.06. The lowest BCUT2D eigenvalue weighted by molar-refractivity contribution is -0.137. The summed E-state index contributed by atoms with van der Waals surface area (Å²) in [6.45, 7) is 3.83. The van der Waals surface area contributed by atoms with Gasteiger partial charge in [-0.2, -0.15) is 13.2 Å². The van der Waals surface area contributed by atoms with Gasteiger partial charge in [0.1, 0.15) is 0 Å². The number of benzene rings is 2. The molecular formula is C18H14F3N3O2. The van der Waals surface area contributed by atoms with Gasteiger partial charge >= 0.3 is 12.2 Å². The Balaban J connectivity index is 1.75. The van der Waals surface area contributed by atoms with Crippen LogP contribution in [0.4, 0.5) is 19.2 Å². The SMILES string of the molecule is Cc1ccc(C(=O)Nc2nnc(-c3ccc(C(F)(F)F)cc3)o2)cc1C. The van der Waals surface area contributed by atoms with Crippen LogP contribution in [0.1, 0.15) is 27.0 Å². The largest absolute Gasteiger partial charge is 0.416 e. The van der Waals surface area contributed by atoms with Crippen molar-refractivity contribution in [3.63, 3.8) is 0 Å². The second kappa shape index (κ2) is 6.62.